The summed E-state index contributed by atoms with van der Waals surface area (Å²) in [6, 6.07) is 16.9. The fourth-order valence-corrected chi connectivity index (χ4v) is 4.62. The number of methoxy groups -OCH3 is 2. The molecule has 4 rings (SSSR count). The highest BCUT2D eigenvalue weighted by Crippen LogP contribution is 2.45. The number of rotatable bonds is 5. The number of hydrogen-bond acceptors (Lipinski definition) is 5. The van der Waals surface area contributed by atoms with Gasteiger partial charge in [0, 0.05) is 11.8 Å². The van der Waals surface area contributed by atoms with Crippen molar-refractivity contribution in [2.45, 2.75) is 19.9 Å². The largest absolute Gasteiger partial charge is 0.507 e. The Morgan fingerprint density at radius 1 is 0.941 bits per heavy atom. The van der Waals surface area contributed by atoms with Crippen molar-refractivity contribution < 1.29 is 24.2 Å². The molecule has 0 spiro atoms. The molecule has 0 bridgehead atoms. The second-order valence-electron chi connectivity index (χ2n) is 8.11. The van der Waals surface area contributed by atoms with Crippen LogP contribution in [0.4, 0.5) is 5.69 Å². The van der Waals surface area contributed by atoms with E-state index in [0.29, 0.717) is 17.0 Å². The van der Waals surface area contributed by atoms with Gasteiger partial charge < -0.3 is 14.6 Å². The maximum Gasteiger partial charge on any atom is 0.300 e. The van der Waals surface area contributed by atoms with Crippen LogP contribution in [0.25, 0.3) is 5.76 Å². The van der Waals surface area contributed by atoms with Gasteiger partial charge in [-0.3, -0.25) is 14.5 Å². The quantitative estimate of drug-likeness (QED) is 0.294. The summed E-state index contributed by atoms with van der Waals surface area (Å²) in [6.07, 6.45) is 0. The van der Waals surface area contributed by atoms with E-state index < -0.39 is 17.7 Å². The molecule has 3 aromatic carbocycles. The fourth-order valence-electron chi connectivity index (χ4n) is 4.27. The highest BCUT2D eigenvalue weighted by Gasteiger charge is 2.47. The number of ketones is 1. The van der Waals surface area contributed by atoms with Gasteiger partial charge in [-0.25, -0.2) is 0 Å². The topological polar surface area (TPSA) is 76.1 Å². The second kappa shape index (κ2) is 9.23. The average molecular weight is 478 g/mol. The van der Waals surface area contributed by atoms with Crippen LogP contribution in [0, 0.1) is 13.8 Å². The van der Waals surface area contributed by atoms with Crippen LogP contribution in [0.5, 0.6) is 11.5 Å². The van der Waals surface area contributed by atoms with Crippen LogP contribution in [-0.2, 0) is 9.59 Å². The number of benzene rings is 3. The number of carbonyl (C=O) groups excluding carboxylic acids is 2. The van der Waals surface area contributed by atoms with Crippen molar-refractivity contribution in [3.05, 3.63) is 93.5 Å². The predicted octanol–water partition coefficient (Wildman–Crippen LogP) is 5.60. The fraction of sp³-hybridized carbons (Fsp3) is 0.185. The van der Waals surface area contributed by atoms with E-state index in [1.54, 1.807) is 36.4 Å². The molecule has 1 heterocycles. The van der Waals surface area contributed by atoms with Gasteiger partial charge in [-0.2, -0.15) is 0 Å². The third-order valence-electron chi connectivity index (χ3n) is 5.78. The number of aliphatic hydroxyl groups excluding tert-OH is 1. The molecule has 0 radical (unpaired) electrons. The molecule has 174 valence electrons. The first-order chi connectivity index (χ1) is 16.3. The summed E-state index contributed by atoms with van der Waals surface area (Å²) < 4.78 is 10.7. The van der Waals surface area contributed by atoms with E-state index in [1.807, 2.05) is 38.1 Å². The molecule has 0 aliphatic carbocycles. The highest BCUT2D eigenvalue weighted by atomic mass is 35.5. The zero-order valence-corrected chi connectivity index (χ0v) is 20.0. The molecule has 1 fully saturated rings. The highest BCUT2D eigenvalue weighted by molar-refractivity contribution is 6.51. The van der Waals surface area contributed by atoms with Gasteiger partial charge in [0.05, 0.1) is 36.4 Å². The molecule has 1 amide bonds. The third-order valence-corrected chi connectivity index (χ3v) is 6.06. The van der Waals surface area contributed by atoms with Gasteiger partial charge in [0.1, 0.15) is 17.3 Å². The molecule has 1 atom stereocenters. The normalized spacial score (nSPS) is 17.2. The lowest BCUT2D eigenvalue weighted by Crippen LogP contribution is -2.29. The lowest BCUT2D eigenvalue weighted by atomic mass is 9.93. The lowest BCUT2D eigenvalue weighted by Gasteiger charge is -2.26. The summed E-state index contributed by atoms with van der Waals surface area (Å²) >= 11 is 6.35. The van der Waals surface area contributed by atoms with E-state index in [9.17, 15) is 14.7 Å². The number of halogens is 1. The minimum absolute atomic E-state index is 0.0432. The maximum absolute atomic E-state index is 13.4. The molecule has 1 aliphatic rings. The smallest absolute Gasteiger partial charge is 0.300 e. The number of amides is 1. The summed E-state index contributed by atoms with van der Waals surface area (Å²) in [7, 11) is 2.96. The van der Waals surface area contributed by atoms with Crippen molar-refractivity contribution in [1.29, 1.82) is 0 Å². The Morgan fingerprint density at radius 2 is 1.68 bits per heavy atom. The average Bonchev–Trinajstić information content (AvgIpc) is 3.08. The van der Waals surface area contributed by atoms with Gasteiger partial charge in [-0.1, -0.05) is 47.5 Å². The minimum atomic E-state index is -0.865. The molecule has 1 unspecified atom stereocenters. The van der Waals surface area contributed by atoms with Crippen LogP contribution in [0.1, 0.15) is 28.3 Å². The molecule has 0 aromatic heterocycles. The maximum atomic E-state index is 13.4. The molecule has 1 N–H and O–H groups in total. The first kappa shape index (κ1) is 23.4. The van der Waals surface area contributed by atoms with Gasteiger partial charge >= 0.3 is 0 Å². The number of Topliss-reactive ketones (excluding diaryl/α,β-unsaturated/α-hetero) is 1. The van der Waals surface area contributed by atoms with E-state index in [4.69, 9.17) is 21.1 Å². The van der Waals surface area contributed by atoms with Gasteiger partial charge in [-0.05, 0) is 49.2 Å². The van der Waals surface area contributed by atoms with Crippen molar-refractivity contribution >= 4 is 34.7 Å². The van der Waals surface area contributed by atoms with Crippen LogP contribution in [0.2, 0.25) is 5.02 Å². The first-order valence-corrected chi connectivity index (χ1v) is 11.0. The molecule has 34 heavy (non-hydrogen) atoms. The van der Waals surface area contributed by atoms with Gasteiger partial charge in [-0.15, -0.1) is 0 Å². The van der Waals surface area contributed by atoms with Crippen molar-refractivity contribution in [3.63, 3.8) is 0 Å². The summed E-state index contributed by atoms with van der Waals surface area (Å²) in [5, 5.41) is 11.7. The van der Waals surface area contributed by atoms with E-state index in [-0.39, 0.29) is 27.7 Å². The summed E-state index contributed by atoms with van der Waals surface area (Å²) in [6.45, 7) is 3.74. The Kier molecular flexibility index (Phi) is 6.35. The third kappa shape index (κ3) is 4.01. The minimum Gasteiger partial charge on any atom is -0.507 e. The van der Waals surface area contributed by atoms with Crippen LogP contribution in [0.3, 0.4) is 0 Å². The van der Waals surface area contributed by atoms with Crippen LogP contribution in [0.15, 0.2) is 66.2 Å². The van der Waals surface area contributed by atoms with Crippen molar-refractivity contribution in [2.24, 2.45) is 0 Å². The molecular weight excluding hydrogens is 454 g/mol. The van der Waals surface area contributed by atoms with Crippen molar-refractivity contribution in [2.75, 3.05) is 19.1 Å². The molecule has 7 heteroatoms. The number of nitrogens with zero attached hydrogens (tertiary/aromatic N) is 1. The van der Waals surface area contributed by atoms with Gasteiger partial charge in [0.25, 0.3) is 11.7 Å². The Labute approximate surface area is 203 Å². The number of ether oxygens (including phenoxy) is 2. The zero-order valence-electron chi connectivity index (χ0n) is 19.3. The summed E-state index contributed by atoms with van der Waals surface area (Å²) in [4.78, 5) is 28.1. The van der Waals surface area contributed by atoms with Gasteiger partial charge in [0.15, 0.2) is 0 Å². The number of aliphatic hydroxyl groups is 1. The molecule has 0 saturated carbocycles. The zero-order chi connectivity index (χ0) is 24.6. The SMILES string of the molecule is COc1cccc(N2C(=O)C(=O)/C(=C(/O)c3cc(C)cc(Cl)c3OC)C2c2cccc(C)c2)c1. The Morgan fingerprint density at radius 3 is 2.35 bits per heavy atom. The Hall–Kier alpha value is -3.77. The van der Waals surface area contributed by atoms with Crippen LogP contribution in [-0.4, -0.2) is 31.0 Å². The molecular formula is C27H24ClNO5. The summed E-state index contributed by atoms with van der Waals surface area (Å²) in [5.41, 5.74) is 3.07. The van der Waals surface area contributed by atoms with E-state index >= 15 is 0 Å². The van der Waals surface area contributed by atoms with Crippen molar-refractivity contribution in [1.82, 2.24) is 0 Å². The molecule has 1 saturated heterocycles. The Bertz CT molecular complexity index is 1330. The first-order valence-electron chi connectivity index (χ1n) is 10.6. The molecule has 3 aromatic rings. The molecule has 1 aliphatic heterocycles. The Balaban J connectivity index is 2.02. The number of aryl methyl sites for hydroxylation is 2. The second-order valence-corrected chi connectivity index (χ2v) is 8.52. The van der Waals surface area contributed by atoms with E-state index in [0.717, 1.165) is 11.1 Å². The van der Waals surface area contributed by atoms with Gasteiger partial charge in [0.2, 0.25) is 0 Å². The number of hydrogen-bond donors (Lipinski definition) is 1. The van der Waals surface area contributed by atoms with E-state index in [1.165, 1.54) is 19.1 Å². The monoisotopic (exact) mass is 477 g/mol. The lowest BCUT2D eigenvalue weighted by molar-refractivity contribution is -0.132. The summed E-state index contributed by atoms with van der Waals surface area (Å²) in [5.74, 6) is -1.14. The predicted molar refractivity (Wildman–Crippen MR) is 132 cm³/mol. The van der Waals surface area contributed by atoms with E-state index in [2.05, 4.69) is 0 Å². The van der Waals surface area contributed by atoms with Crippen LogP contribution >= 0.6 is 11.6 Å². The molecule has 6 nitrogen and oxygen atoms in total. The van der Waals surface area contributed by atoms with Crippen LogP contribution < -0.4 is 14.4 Å². The number of anilines is 1. The standard InChI is InChI=1S/C27H24ClNO5/c1-15-7-5-8-17(11-15)23-22(24(30)20-12-16(2)13-21(28)26(20)34-4)25(31)27(32)29(23)18-9-6-10-19(14-18)33-3/h5-14,23,30H,1-4H3/b24-22+. The van der Waals surface area contributed by atoms with Crippen molar-refractivity contribution in [3.8, 4) is 11.5 Å². The number of carbonyl (C=O) groups is 2.